The molecule has 294 valence electrons. The minimum Gasteiger partial charge on any atom is -0.322 e. The van der Waals surface area contributed by atoms with Crippen molar-refractivity contribution in [2.75, 3.05) is 10.6 Å². The average Bonchev–Trinajstić information content (AvgIpc) is 4.11. The van der Waals surface area contributed by atoms with Gasteiger partial charge in [-0.1, -0.05) is 24.3 Å². The first kappa shape index (κ1) is 38.9. The van der Waals surface area contributed by atoms with Gasteiger partial charge in [-0.05, 0) is 117 Å². The molecule has 2 heterocycles. The van der Waals surface area contributed by atoms with Crippen LogP contribution in [-0.4, -0.2) is 31.4 Å². The average molecular weight is 793 g/mol. The third kappa shape index (κ3) is 8.90. The molecule has 57 heavy (non-hydrogen) atoms. The van der Waals surface area contributed by atoms with E-state index in [9.17, 15) is 44.7 Å². The summed E-state index contributed by atoms with van der Waals surface area (Å²) in [5.74, 6) is -3.32. The molecule has 2 aliphatic carbocycles. The van der Waals surface area contributed by atoms with Crippen LogP contribution in [0.2, 0.25) is 0 Å². The zero-order chi connectivity index (χ0) is 40.6. The molecular formula is C41H32F8N6O2. The summed E-state index contributed by atoms with van der Waals surface area (Å²) in [4.78, 5) is 24.5. The van der Waals surface area contributed by atoms with Crippen molar-refractivity contribution in [2.24, 2.45) is 0 Å². The lowest BCUT2D eigenvalue weighted by Gasteiger charge is -2.10. The molecule has 2 fully saturated rings. The first-order chi connectivity index (χ1) is 27.1. The number of carbonyl (C=O) groups excluding carboxylic acids is 2. The smallest absolute Gasteiger partial charge is 0.322 e. The highest BCUT2D eigenvalue weighted by Crippen LogP contribution is 2.44. The maximum Gasteiger partial charge on any atom is 0.435 e. The van der Waals surface area contributed by atoms with Crippen molar-refractivity contribution < 1.29 is 44.7 Å². The third-order valence-corrected chi connectivity index (χ3v) is 9.37. The van der Waals surface area contributed by atoms with Gasteiger partial charge < -0.3 is 10.6 Å². The first-order valence-electron chi connectivity index (χ1n) is 17.7. The van der Waals surface area contributed by atoms with Gasteiger partial charge >= 0.3 is 12.4 Å². The molecule has 2 N–H and O–H groups in total. The lowest BCUT2D eigenvalue weighted by molar-refractivity contribution is -0.142. The highest BCUT2D eigenvalue weighted by Gasteiger charge is 2.39. The summed E-state index contributed by atoms with van der Waals surface area (Å²) in [6, 6.07) is 25.2. The summed E-state index contributed by atoms with van der Waals surface area (Å²) in [7, 11) is 0. The van der Waals surface area contributed by atoms with Crippen LogP contribution in [0.5, 0.6) is 0 Å². The number of anilines is 2. The Hall–Kier alpha value is -6.32. The fourth-order valence-corrected chi connectivity index (χ4v) is 6.10. The van der Waals surface area contributed by atoms with Crippen molar-refractivity contribution in [3.63, 3.8) is 0 Å². The molecule has 2 aliphatic rings. The zero-order valence-electron chi connectivity index (χ0n) is 29.9. The number of amides is 2. The van der Waals surface area contributed by atoms with E-state index in [4.69, 9.17) is 0 Å². The van der Waals surface area contributed by atoms with Crippen molar-refractivity contribution >= 4 is 23.2 Å². The number of nitrogens with zero attached hydrogens (tertiary/aromatic N) is 4. The van der Waals surface area contributed by atoms with E-state index in [2.05, 4.69) is 20.8 Å². The molecule has 0 saturated heterocycles. The molecular weight excluding hydrogens is 760 g/mol. The molecule has 0 radical (unpaired) electrons. The van der Waals surface area contributed by atoms with E-state index in [1.54, 1.807) is 36.4 Å². The van der Waals surface area contributed by atoms with Gasteiger partial charge in [0.2, 0.25) is 0 Å². The van der Waals surface area contributed by atoms with Crippen molar-refractivity contribution in [1.29, 1.82) is 0 Å². The topological polar surface area (TPSA) is 93.8 Å². The maximum atomic E-state index is 13.7. The Labute approximate surface area is 320 Å². The molecule has 0 bridgehead atoms. The van der Waals surface area contributed by atoms with Crippen LogP contribution in [0.1, 0.15) is 86.6 Å². The Morgan fingerprint density at radius 1 is 0.596 bits per heavy atom. The quantitative estimate of drug-likeness (QED) is 0.150. The monoisotopic (exact) mass is 792 g/mol. The number of aryl methyl sites for hydroxylation is 1. The number of nitrogens with one attached hydrogen (secondary N) is 2. The first-order valence-corrected chi connectivity index (χ1v) is 17.7. The van der Waals surface area contributed by atoms with E-state index in [-0.39, 0.29) is 23.4 Å². The Kier molecular flexibility index (Phi) is 10.5. The van der Waals surface area contributed by atoms with Crippen LogP contribution in [-0.2, 0) is 12.4 Å². The van der Waals surface area contributed by atoms with Gasteiger partial charge in [0.15, 0.2) is 23.0 Å². The molecule has 6 aromatic rings. The molecule has 2 saturated carbocycles. The molecule has 0 spiro atoms. The van der Waals surface area contributed by atoms with Crippen molar-refractivity contribution in [1.82, 2.24) is 19.6 Å². The van der Waals surface area contributed by atoms with E-state index in [1.165, 1.54) is 39.7 Å². The Balaban J connectivity index is 0.000000174. The second-order valence-corrected chi connectivity index (χ2v) is 13.7. The summed E-state index contributed by atoms with van der Waals surface area (Å²) >= 11 is 0. The maximum absolute atomic E-state index is 13.7. The van der Waals surface area contributed by atoms with Crippen LogP contribution in [0.25, 0.3) is 11.4 Å². The molecule has 0 unspecified atom stereocenters. The van der Waals surface area contributed by atoms with Crippen LogP contribution in [0, 0.1) is 18.6 Å². The summed E-state index contributed by atoms with van der Waals surface area (Å²) < 4.78 is 108. The molecule has 8 nitrogen and oxygen atoms in total. The van der Waals surface area contributed by atoms with Crippen molar-refractivity contribution in [3.8, 4) is 11.4 Å². The molecule has 0 aliphatic heterocycles. The van der Waals surface area contributed by atoms with Crippen LogP contribution in [0.4, 0.5) is 46.5 Å². The van der Waals surface area contributed by atoms with Gasteiger partial charge in [0, 0.05) is 40.2 Å². The fourth-order valence-electron chi connectivity index (χ4n) is 6.10. The number of benzene rings is 4. The molecule has 8 rings (SSSR count). The van der Waals surface area contributed by atoms with Gasteiger partial charge in [0.1, 0.15) is 0 Å². The largest absolute Gasteiger partial charge is 0.435 e. The number of halogens is 8. The van der Waals surface area contributed by atoms with Crippen LogP contribution in [0.15, 0.2) is 103 Å². The fraction of sp³-hybridized carbons (Fsp3) is 0.220. The summed E-state index contributed by atoms with van der Waals surface area (Å²) in [5, 5.41) is 12.7. The molecule has 2 amide bonds. The number of alkyl halides is 6. The number of carbonyl (C=O) groups is 2. The van der Waals surface area contributed by atoms with Gasteiger partial charge in [-0.25, -0.2) is 18.1 Å². The lowest BCUT2D eigenvalue weighted by Crippen LogP contribution is -2.14. The number of aromatic nitrogens is 4. The van der Waals surface area contributed by atoms with Gasteiger partial charge in [-0.15, -0.1) is 0 Å². The minimum absolute atomic E-state index is 0.0360. The van der Waals surface area contributed by atoms with Gasteiger partial charge in [-0.3, -0.25) is 9.59 Å². The van der Waals surface area contributed by atoms with E-state index in [0.717, 1.165) is 55.5 Å². The molecule has 16 heteroatoms. The lowest BCUT2D eigenvalue weighted by atomic mass is 10.1. The highest BCUT2D eigenvalue weighted by molar-refractivity contribution is 6.05. The number of hydrogen-bond donors (Lipinski definition) is 2. The Bertz CT molecular complexity index is 2430. The summed E-state index contributed by atoms with van der Waals surface area (Å²) in [6.45, 7) is 1.85. The van der Waals surface area contributed by atoms with E-state index < -0.39 is 46.8 Å². The van der Waals surface area contributed by atoms with Gasteiger partial charge in [0.25, 0.3) is 11.8 Å². The molecule has 2 aromatic heterocycles. The predicted octanol–water partition coefficient (Wildman–Crippen LogP) is 10.6. The minimum atomic E-state index is -4.54. The second kappa shape index (κ2) is 15.3. The van der Waals surface area contributed by atoms with E-state index >= 15 is 0 Å². The van der Waals surface area contributed by atoms with Crippen molar-refractivity contribution in [3.05, 3.63) is 154 Å². The standard InChI is InChI=1S/C21H18F3N3O.C20H14F5N3O/c1-13-4-2-3-5-17(13)20(28)25-15-8-10-16(11-9-15)27-18(14-6-7-14)12-19(26-27)21(22,23)24;21-15-3-1-2-14(18(15)22)19(29)26-12-6-8-13(9-7-12)28-16(11-4-5-11)10-17(27-28)20(23,24)25/h2-5,8-12,14H,6-7H2,1H3,(H,25,28);1-3,6-11H,4-5H2,(H,26,29). The van der Waals surface area contributed by atoms with Crippen molar-refractivity contribution in [2.45, 2.75) is 56.8 Å². The second-order valence-electron chi connectivity index (χ2n) is 13.7. The Morgan fingerprint density at radius 2 is 1.02 bits per heavy atom. The Morgan fingerprint density at radius 3 is 1.44 bits per heavy atom. The van der Waals surface area contributed by atoms with Gasteiger partial charge in [-0.2, -0.15) is 36.5 Å². The van der Waals surface area contributed by atoms with Crippen LogP contribution in [0.3, 0.4) is 0 Å². The van der Waals surface area contributed by atoms with Crippen LogP contribution < -0.4 is 10.6 Å². The van der Waals surface area contributed by atoms with E-state index in [1.807, 2.05) is 19.1 Å². The third-order valence-electron chi connectivity index (χ3n) is 9.37. The number of hydrogen-bond acceptors (Lipinski definition) is 4. The predicted molar refractivity (Wildman–Crippen MR) is 195 cm³/mol. The zero-order valence-corrected chi connectivity index (χ0v) is 29.9. The molecule has 4 aromatic carbocycles. The SMILES string of the molecule is Cc1ccccc1C(=O)Nc1ccc(-n2nc(C(F)(F)F)cc2C2CC2)cc1.O=C(Nc1ccc(-n2nc(C(F)(F)F)cc2C2CC2)cc1)c1cccc(F)c1F. The summed E-state index contributed by atoms with van der Waals surface area (Å²) in [6.07, 6.45) is -5.68. The highest BCUT2D eigenvalue weighted by atomic mass is 19.4. The molecule has 0 atom stereocenters. The van der Waals surface area contributed by atoms with E-state index in [0.29, 0.717) is 34.0 Å². The van der Waals surface area contributed by atoms with Crippen LogP contribution >= 0.6 is 0 Å². The summed E-state index contributed by atoms with van der Waals surface area (Å²) in [5.41, 5.74) is 1.97. The van der Waals surface area contributed by atoms with Gasteiger partial charge in [0.05, 0.1) is 16.9 Å². The normalized spacial score (nSPS) is 14.1. The number of rotatable bonds is 8.